The van der Waals surface area contributed by atoms with Crippen LogP contribution in [0.5, 0.6) is 5.75 Å². The molecule has 0 bridgehead atoms. The number of nitrogens with zero attached hydrogens (tertiary/aromatic N) is 1. The zero-order valence-electron chi connectivity index (χ0n) is 9.76. The normalized spacial score (nSPS) is 11.0. The highest BCUT2D eigenvalue weighted by molar-refractivity contribution is 5.77. The molecule has 0 unspecified atom stereocenters. The van der Waals surface area contributed by atoms with Crippen molar-refractivity contribution < 1.29 is 19.6 Å². The van der Waals surface area contributed by atoms with Crippen molar-refractivity contribution in [2.75, 3.05) is 0 Å². The van der Waals surface area contributed by atoms with Crippen molar-refractivity contribution in [3.8, 4) is 5.75 Å². The van der Waals surface area contributed by atoms with Crippen molar-refractivity contribution in [2.45, 2.75) is 26.4 Å². The number of carboxylic acid groups (broad SMARTS) is 1. The van der Waals surface area contributed by atoms with Gasteiger partial charge in [0, 0.05) is 6.07 Å². The number of nitro benzene ring substituents is 1. The summed E-state index contributed by atoms with van der Waals surface area (Å²) in [4.78, 5) is 21.1. The van der Waals surface area contributed by atoms with Crippen molar-refractivity contribution in [3.63, 3.8) is 0 Å². The summed E-state index contributed by atoms with van der Waals surface area (Å²) >= 11 is 0. The summed E-state index contributed by atoms with van der Waals surface area (Å²) in [5.41, 5.74) is -1.00. The van der Waals surface area contributed by atoms with Gasteiger partial charge in [-0.25, -0.2) is 4.79 Å². The highest BCUT2D eigenvalue weighted by Crippen LogP contribution is 2.30. The number of rotatable bonds is 4. The number of carboxylic acids is 1. The molecule has 1 N–H and O–H groups in total. The Hall–Kier alpha value is -2.11. The van der Waals surface area contributed by atoms with Gasteiger partial charge >= 0.3 is 11.7 Å². The van der Waals surface area contributed by atoms with Crippen LogP contribution in [0.15, 0.2) is 18.2 Å². The van der Waals surface area contributed by atoms with E-state index in [4.69, 9.17) is 9.84 Å². The minimum Gasteiger partial charge on any atom is -0.478 e. The molecule has 92 valence electrons. The van der Waals surface area contributed by atoms with Gasteiger partial charge < -0.3 is 9.84 Å². The Kier molecular flexibility index (Phi) is 3.36. The number of carbonyl (C=O) groups is 1. The molecule has 0 spiro atoms. The van der Waals surface area contributed by atoms with Crippen LogP contribution in [0, 0.1) is 17.0 Å². The molecule has 1 aromatic carbocycles. The van der Waals surface area contributed by atoms with E-state index in [-0.39, 0.29) is 11.4 Å². The molecule has 0 aliphatic carbocycles. The van der Waals surface area contributed by atoms with E-state index in [9.17, 15) is 14.9 Å². The van der Waals surface area contributed by atoms with Crippen LogP contribution in [-0.4, -0.2) is 21.6 Å². The third-order valence-corrected chi connectivity index (χ3v) is 2.19. The quantitative estimate of drug-likeness (QED) is 0.642. The molecule has 0 amide bonds. The average molecular weight is 239 g/mol. The lowest BCUT2D eigenvalue weighted by atomic mass is 10.1. The van der Waals surface area contributed by atoms with E-state index in [1.165, 1.54) is 26.0 Å². The Labute approximate surface area is 98.0 Å². The predicted molar refractivity (Wildman–Crippen MR) is 60.2 cm³/mol. The first-order valence-electron chi connectivity index (χ1n) is 4.91. The second-order valence-corrected chi connectivity index (χ2v) is 4.15. The van der Waals surface area contributed by atoms with Crippen molar-refractivity contribution in [2.24, 2.45) is 0 Å². The van der Waals surface area contributed by atoms with Crippen LogP contribution in [0.3, 0.4) is 0 Å². The summed E-state index contributed by atoms with van der Waals surface area (Å²) < 4.78 is 5.20. The standard InChI is InChI=1S/C11H13NO5/c1-7-4-5-8(12(15)16)9(6-7)17-11(2,3)10(13)14/h4-6H,1-3H3,(H,13,14). The summed E-state index contributed by atoms with van der Waals surface area (Å²) in [6.45, 7) is 4.41. The van der Waals surface area contributed by atoms with Crippen molar-refractivity contribution >= 4 is 11.7 Å². The molecule has 6 nitrogen and oxygen atoms in total. The van der Waals surface area contributed by atoms with Gasteiger partial charge in [-0.1, -0.05) is 6.07 Å². The summed E-state index contributed by atoms with van der Waals surface area (Å²) in [7, 11) is 0. The topological polar surface area (TPSA) is 89.7 Å². The number of benzene rings is 1. The van der Waals surface area contributed by atoms with Gasteiger partial charge in [0.25, 0.3) is 0 Å². The van der Waals surface area contributed by atoms with E-state index >= 15 is 0 Å². The number of aryl methyl sites for hydroxylation is 1. The van der Waals surface area contributed by atoms with E-state index < -0.39 is 16.5 Å². The zero-order valence-corrected chi connectivity index (χ0v) is 9.76. The highest BCUT2D eigenvalue weighted by atomic mass is 16.6. The van der Waals surface area contributed by atoms with E-state index in [0.717, 1.165) is 5.56 Å². The number of aliphatic carboxylic acids is 1. The van der Waals surface area contributed by atoms with Crippen LogP contribution in [0.25, 0.3) is 0 Å². The van der Waals surface area contributed by atoms with E-state index in [1.54, 1.807) is 13.0 Å². The molecule has 0 heterocycles. The van der Waals surface area contributed by atoms with Crippen LogP contribution in [-0.2, 0) is 4.79 Å². The summed E-state index contributed by atoms with van der Waals surface area (Å²) in [6.07, 6.45) is 0. The van der Waals surface area contributed by atoms with Crippen molar-refractivity contribution in [1.29, 1.82) is 0 Å². The maximum atomic E-state index is 10.9. The highest BCUT2D eigenvalue weighted by Gasteiger charge is 2.32. The second kappa shape index (κ2) is 4.40. The van der Waals surface area contributed by atoms with Crippen LogP contribution >= 0.6 is 0 Å². The molecular weight excluding hydrogens is 226 g/mol. The fraction of sp³-hybridized carbons (Fsp3) is 0.364. The average Bonchev–Trinajstić information content (AvgIpc) is 2.15. The summed E-state index contributed by atoms with van der Waals surface area (Å²) in [5, 5.41) is 19.7. The van der Waals surface area contributed by atoms with E-state index in [2.05, 4.69) is 0 Å². The predicted octanol–water partition coefficient (Wildman–Crippen LogP) is 2.15. The molecule has 17 heavy (non-hydrogen) atoms. The Bertz CT molecular complexity index is 467. The van der Waals surface area contributed by atoms with Crippen molar-refractivity contribution in [3.05, 3.63) is 33.9 Å². The molecule has 1 aromatic rings. The number of nitro groups is 1. The second-order valence-electron chi connectivity index (χ2n) is 4.15. The molecule has 0 fully saturated rings. The molecule has 0 aliphatic rings. The molecular formula is C11H13NO5. The van der Waals surface area contributed by atoms with E-state index in [0.29, 0.717) is 0 Å². The van der Waals surface area contributed by atoms with E-state index in [1.807, 2.05) is 0 Å². The van der Waals surface area contributed by atoms with Crippen LogP contribution in [0.2, 0.25) is 0 Å². The molecule has 0 atom stereocenters. The lowest BCUT2D eigenvalue weighted by Gasteiger charge is -2.21. The number of hydrogen-bond donors (Lipinski definition) is 1. The van der Waals surface area contributed by atoms with Gasteiger partial charge in [0.05, 0.1) is 4.92 Å². The van der Waals surface area contributed by atoms with Gasteiger partial charge in [-0.05, 0) is 32.4 Å². The summed E-state index contributed by atoms with van der Waals surface area (Å²) in [6, 6.07) is 4.31. The number of ether oxygens (including phenoxy) is 1. The molecule has 0 aliphatic heterocycles. The van der Waals surface area contributed by atoms with Gasteiger partial charge in [-0.3, -0.25) is 10.1 Å². The maximum absolute atomic E-state index is 10.9. The smallest absolute Gasteiger partial charge is 0.347 e. The van der Waals surface area contributed by atoms with Crippen LogP contribution in [0.1, 0.15) is 19.4 Å². The van der Waals surface area contributed by atoms with Crippen molar-refractivity contribution in [1.82, 2.24) is 0 Å². The fourth-order valence-corrected chi connectivity index (χ4v) is 1.17. The lowest BCUT2D eigenvalue weighted by Crippen LogP contribution is -2.38. The molecule has 0 radical (unpaired) electrons. The first-order chi connectivity index (χ1) is 7.74. The zero-order chi connectivity index (χ0) is 13.2. The Morgan fingerprint density at radius 2 is 2.06 bits per heavy atom. The van der Waals surface area contributed by atoms with Gasteiger partial charge in [0.1, 0.15) is 0 Å². The maximum Gasteiger partial charge on any atom is 0.347 e. The third kappa shape index (κ3) is 2.93. The van der Waals surface area contributed by atoms with Crippen LogP contribution < -0.4 is 4.74 Å². The fourth-order valence-electron chi connectivity index (χ4n) is 1.17. The molecule has 0 saturated heterocycles. The first-order valence-corrected chi connectivity index (χ1v) is 4.91. The van der Waals surface area contributed by atoms with Gasteiger partial charge in [0.15, 0.2) is 11.4 Å². The van der Waals surface area contributed by atoms with Gasteiger partial charge in [-0.2, -0.15) is 0 Å². The summed E-state index contributed by atoms with van der Waals surface area (Å²) in [5.74, 6) is -1.23. The van der Waals surface area contributed by atoms with Crippen LogP contribution in [0.4, 0.5) is 5.69 Å². The monoisotopic (exact) mass is 239 g/mol. The first kappa shape index (κ1) is 13.0. The third-order valence-electron chi connectivity index (χ3n) is 2.19. The number of hydrogen-bond acceptors (Lipinski definition) is 4. The minimum atomic E-state index is -1.52. The Morgan fingerprint density at radius 3 is 2.53 bits per heavy atom. The molecule has 0 saturated carbocycles. The minimum absolute atomic E-state index is 0.0394. The molecule has 0 aromatic heterocycles. The van der Waals surface area contributed by atoms with Gasteiger partial charge in [-0.15, -0.1) is 0 Å². The SMILES string of the molecule is Cc1ccc([N+](=O)[O-])c(OC(C)(C)C(=O)O)c1. The Balaban J connectivity index is 3.17. The molecule has 1 rings (SSSR count). The largest absolute Gasteiger partial charge is 0.478 e. The van der Waals surface area contributed by atoms with Gasteiger partial charge in [0.2, 0.25) is 0 Å². The Morgan fingerprint density at radius 1 is 1.47 bits per heavy atom. The molecule has 6 heteroatoms. The lowest BCUT2D eigenvalue weighted by molar-refractivity contribution is -0.386.